The molecule has 0 radical (unpaired) electrons. The molecule has 2 heterocycles. The van der Waals surface area contributed by atoms with Crippen molar-refractivity contribution >= 4 is 17.8 Å². The molecular formula is C12H19N3O3. The van der Waals surface area contributed by atoms with Crippen molar-refractivity contribution in [3.8, 4) is 0 Å². The second kappa shape index (κ2) is 4.26. The van der Waals surface area contributed by atoms with E-state index in [1.807, 2.05) is 20.8 Å². The van der Waals surface area contributed by atoms with E-state index in [0.717, 1.165) is 0 Å². The minimum absolute atomic E-state index is 0.0517. The summed E-state index contributed by atoms with van der Waals surface area (Å²) in [5.74, 6) is -0.0721. The number of carbonyl (C=O) groups is 3. The van der Waals surface area contributed by atoms with Gasteiger partial charge >= 0.3 is 6.03 Å². The first-order valence-corrected chi connectivity index (χ1v) is 6.28. The van der Waals surface area contributed by atoms with Crippen molar-refractivity contribution in [3.63, 3.8) is 0 Å². The molecule has 2 unspecified atom stereocenters. The lowest BCUT2D eigenvalue weighted by Crippen LogP contribution is -2.50. The predicted molar refractivity (Wildman–Crippen MR) is 64.6 cm³/mol. The lowest BCUT2D eigenvalue weighted by molar-refractivity contribution is -0.135. The van der Waals surface area contributed by atoms with Gasteiger partial charge in [0.05, 0.1) is 6.54 Å². The zero-order valence-electron chi connectivity index (χ0n) is 10.9. The van der Waals surface area contributed by atoms with Crippen molar-refractivity contribution in [2.24, 2.45) is 11.8 Å². The summed E-state index contributed by atoms with van der Waals surface area (Å²) in [6.45, 7) is 6.69. The number of nitrogens with one attached hydrogen (secondary N) is 2. The molecule has 6 nitrogen and oxygen atoms in total. The van der Waals surface area contributed by atoms with Gasteiger partial charge in [-0.2, -0.15) is 0 Å². The summed E-state index contributed by atoms with van der Waals surface area (Å²) in [4.78, 5) is 36.8. The molecule has 2 N–H and O–H groups in total. The minimum Gasteiger partial charge on any atom is -0.339 e. The second-order valence-corrected chi connectivity index (χ2v) is 5.53. The Bertz CT molecular complexity index is 407. The van der Waals surface area contributed by atoms with Gasteiger partial charge in [0.25, 0.3) is 5.91 Å². The molecule has 2 saturated heterocycles. The van der Waals surface area contributed by atoms with Gasteiger partial charge in [0.1, 0.15) is 5.54 Å². The molecule has 2 aliphatic heterocycles. The van der Waals surface area contributed by atoms with E-state index in [0.29, 0.717) is 13.0 Å². The summed E-state index contributed by atoms with van der Waals surface area (Å²) in [5, 5.41) is 4.87. The summed E-state index contributed by atoms with van der Waals surface area (Å²) in [7, 11) is 0. The van der Waals surface area contributed by atoms with Gasteiger partial charge in [-0.15, -0.1) is 0 Å². The van der Waals surface area contributed by atoms with E-state index < -0.39 is 11.6 Å². The predicted octanol–water partition coefficient (Wildman–Crippen LogP) is 0.0890. The van der Waals surface area contributed by atoms with Gasteiger partial charge in [-0.05, 0) is 12.3 Å². The third-order valence-electron chi connectivity index (χ3n) is 3.98. The molecule has 6 heteroatoms. The molecule has 0 saturated carbocycles. The molecular weight excluding hydrogens is 234 g/mol. The van der Waals surface area contributed by atoms with E-state index in [2.05, 4.69) is 10.6 Å². The summed E-state index contributed by atoms with van der Waals surface area (Å²) in [5.41, 5.74) is -0.899. The third-order valence-corrected chi connectivity index (χ3v) is 3.98. The molecule has 2 fully saturated rings. The summed E-state index contributed by atoms with van der Waals surface area (Å²) in [6.07, 6.45) is 0.487. The molecule has 2 rings (SSSR count). The van der Waals surface area contributed by atoms with Gasteiger partial charge in [-0.25, -0.2) is 4.79 Å². The molecule has 100 valence electrons. The molecule has 0 aliphatic carbocycles. The number of hydrogen-bond acceptors (Lipinski definition) is 3. The first-order chi connectivity index (χ1) is 8.35. The van der Waals surface area contributed by atoms with E-state index in [-0.39, 0.29) is 30.2 Å². The maximum Gasteiger partial charge on any atom is 0.322 e. The minimum atomic E-state index is -0.899. The lowest BCUT2D eigenvalue weighted by Gasteiger charge is -2.25. The molecule has 2 atom stereocenters. The van der Waals surface area contributed by atoms with Crippen LogP contribution in [0.2, 0.25) is 0 Å². The Morgan fingerprint density at radius 3 is 2.50 bits per heavy atom. The molecule has 0 aromatic carbocycles. The van der Waals surface area contributed by atoms with Crippen LogP contribution in [0.15, 0.2) is 0 Å². The zero-order chi connectivity index (χ0) is 13.5. The van der Waals surface area contributed by atoms with Gasteiger partial charge in [-0.1, -0.05) is 20.8 Å². The Balaban J connectivity index is 2.07. The van der Waals surface area contributed by atoms with Crippen LogP contribution in [0.3, 0.4) is 0 Å². The van der Waals surface area contributed by atoms with Gasteiger partial charge in [0.15, 0.2) is 0 Å². The average Bonchev–Trinajstić information content (AvgIpc) is 2.82. The molecule has 0 aromatic heterocycles. The number of likely N-dealkylation sites (tertiary alicyclic amines) is 1. The van der Waals surface area contributed by atoms with E-state index in [4.69, 9.17) is 0 Å². The fourth-order valence-corrected chi connectivity index (χ4v) is 2.39. The van der Waals surface area contributed by atoms with Crippen LogP contribution in [0, 0.1) is 11.8 Å². The number of rotatable bonds is 2. The lowest BCUT2D eigenvalue weighted by atomic mass is 9.96. The summed E-state index contributed by atoms with van der Waals surface area (Å²) >= 11 is 0. The van der Waals surface area contributed by atoms with Gasteiger partial charge in [-0.3, -0.25) is 14.9 Å². The van der Waals surface area contributed by atoms with Crippen LogP contribution in [-0.4, -0.2) is 41.4 Å². The normalized spacial score (nSPS) is 28.8. The maximum atomic E-state index is 12.2. The topological polar surface area (TPSA) is 78.5 Å². The Labute approximate surface area is 106 Å². The van der Waals surface area contributed by atoms with Crippen LogP contribution in [0.5, 0.6) is 0 Å². The van der Waals surface area contributed by atoms with Crippen molar-refractivity contribution in [3.05, 3.63) is 0 Å². The van der Waals surface area contributed by atoms with Crippen LogP contribution in [0.4, 0.5) is 4.79 Å². The number of carbonyl (C=O) groups excluding carboxylic acids is 3. The smallest absolute Gasteiger partial charge is 0.322 e. The van der Waals surface area contributed by atoms with E-state index in [9.17, 15) is 14.4 Å². The second-order valence-electron chi connectivity index (χ2n) is 5.53. The number of nitrogens with zero attached hydrogens (tertiary/aromatic N) is 1. The number of amides is 4. The zero-order valence-corrected chi connectivity index (χ0v) is 10.9. The quantitative estimate of drug-likeness (QED) is 0.684. The van der Waals surface area contributed by atoms with Crippen LogP contribution in [-0.2, 0) is 9.59 Å². The summed E-state index contributed by atoms with van der Waals surface area (Å²) in [6, 6.07) is -0.466. The van der Waals surface area contributed by atoms with E-state index in [1.165, 1.54) is 0 Å². The van der Waals surface area contributed by atoms with Crippen LogP contribution in [0.1, 0.15) is 27.2 Å². The highest BCUT2D eigenvalue weighted by atomic mass is 16.2. The largest absolute Gasteiger partial charge is 0.339 e. The highest BCUT2D eigenvalue weighted by Gasteiger charge is 2.51. The van der Waals surface area contributed by atoms with E-state index in [1.54, 1.807) is 4.90 Å². The Morgan fingerprint density at radius 1 is 1.33 bits per heavy atom. The molecule has 0 aromatic rings. The Kier molecular flexibility index (Phi) is 3.04. The molecule has 0 bridgehead atoms. The standard InChI is InChI=1S/C12H19N3O3/c1-7(2)8(3)9(16)15-5-4-12(6-15)10(17)13-11(18)14-12/h7-8H,4-6H2,1-3H3,(H2,13,14,17,18). The van der Waals surface area contributed by atoms with Crippen molar-refractivity contribution in [1.29, 1.82) is 0 Å². The van der Waals surface area contributed by atoms with E-state index >= 15 is 0 Å². The molecule has 4 amide bonds. The first-order valence-electron chi connectivity index (χ1n) is 6.28. The Morgan fingerprint density at radius 2 is 2.00 bits per heavy atom. The van der Waals surface area contributed by atoms with Crippen molar-refractivity contribution in [1.82, 2.24) is 15.5 Å². The third kappa shape index (κ3) is 1.95. The SMILES string of the molecule is CC(C)C(C)C(=O)N1CCC2(C1)NC(=O)NC2=O. The van der Waals surface area contributed by atoms with Crippen LogP contribution < -0.4 is 10.6 Å². The van der Waals surface area contributed by atoms with Crippen molar-refractivity contribution in [2.45, 2.75) is 32.7 Å². The van der Waals surface area contributed by atoms with Crippen molar-refractivity contribution < 1.29 is 14.4 Å². The summed E-state index contributed by atoms with van der Waals surface area (Å²) < 4.78 is 0. The monoisotopic (exact) mass is 253 g/mol. The molecule has 1 spiro atoms. The molecule has 2 aliphatic rings. The number of urea groups is 1. The fraction of sp³-hybridized carbons (Fsp3) is 0.750. The van der Waals surface area contributed by atoms with Gasteiger partial charge < -0.3 is 10.2 Å². The number of hydrogen-bond donors (Lipinski definition) is 2. The first kappa shape index (κ1) is 12.9. The molecule has 18 heavy (non-hydrogen) atoms. The van der Waals surface area contributed by atoms with Crippen LogP contribution >= 0.6 is 0 Å². The highest BCUT2D eigenvalue weighted by Crippen LogP contribution is 2.26. The fourth-order valence-electron chi connectivity index (χ4n) is 2.39. The van der Waals surface area contributed by atoms with Crippen molar-refractivity contribution in [2.75, 3.05) is 13.1 Å². The number of imide groups is 1. The highest BCUT2D eigenvalue weighted by molar-refractivity contribution is 6.07. The van der Waals surface area contributed by atoms with Crippen LogP contribution in [0.25, 0.3) is 0 Å². The maximum absolute atomic E-state index is 12.2. The average molecular weight is 253 g/mol. The van der Waals surface area contributed by atoms with Gasteiger partial charge in [0.2, 0.25) is 5.91 Å². The Hall–Kier alpha value is -1.59. The van der Waals surface area contributed by atoms with Gasteiger partial charge in [0, 0.05) is 12.5 Å².